The van der Waals surface area contributed by atoms with Crippen LogP contribution in [0.5, 0.6) is 0 Å². The van der Waals surface area contributed by atoms with Crippen LogP contribution in [0.25, 0.3) is 0 Å². The summed E-state index contributed by atoms with van der Waals surface area (Å²) in [6.07, 6.45) is 8.74. The average Bonchev–Trinajstić information content (AvgIpc) is 2.51. The molecule has 0 atom stereocenters. The fourth-order valence-electron chi connectivity index (χ4n) is 2.96. The maximum Gasteiger partial charge on any atom is 0.260 e. The monoisotopic (exact) mass is 365 g/mol. The second-order valence-electron chi connectivity index (χ2n) is 6.54. The number of nitrogens with one attached hydrogen (secondary N) is 1. The fraction of sp³-hybridized carbons (Fsp3) is 0.556. The Balaban J connectivity index is 2.06. The van der Waals surface area contributed by atoms with E-state index in [4.69, 9.17) is 0 Å². The SMILES string of the molecule is Cc1ccccc1N(CC(=O)NN=C1CCCCCCC1)S(C)(=O)=O. The van der Waals surface area contributed by atoms with Crippen LogP contribution in [0.4, 0.5) is 5.69 Å². The number of sulfonamides is 1. The van der Waals surface area contributed by atoms with Crippen LogP contribution in [0.15, 0.2) is 29.4 Å². The van der Waals surface area contributed by atoms with E-state index in [1.807, 2.05) is 19.1 Å². The first-order valence-corrected chi connectivity index (χ1v) is 10.6. The van der Waals surface area contributed by atoms with Crippen molar-refractivity contribution in [1.29, 1.82) is 0 Å². The third-order valence-electron chi connectivity index (χ3n) is 4.34. The van der Waals surface area contributed by atoms with Crippen LogP contribution in [0.3, 0.4) is 0 Å². The molecule has 0 saturated heterocycles. The lowest BCUT2D eigenvalue weighted by molar-refractivity contribution is -0.119. The molecule has 0 bridgehead atoms. The summed E-state index contributed by atoms with van der Waals surface area (Å²) in [5.41, 5.74) is 4.84. The molecule has 138 valence electrons. The summed E-state index contributed by atoms with van der Waals surface area (Å²) in [7, 11) is -3.57. The van der Waals surface area contributed by atoms with Gasteiger partial charge in [-0.1, -0.05) is 37.5 Å². The largest absolute Gasteiger partial charge is 0.271 e. The molecule has 1 saturated carbocycles. The van der Waals surface area contributed by atoms with Gasteiger partial charge in [0, 0.05) is 5.71 Å². The molecule has 1 aliphatic rings. The molecule has 1 aliphatic carbocycles. The number of benzene rings is 1. The normalized spacial score (nSPS) is 15.8. The molecule has 0 heterocycles. The van der Waals surface area contributed by atoms with Crippen LogP contribution in [0, 0.1) is 6.92 Å². The number of hydrogen-bond acceptors (Lipinski definition) is 4. The molecule has 1 N–H and O–H groups in total. The Morgan fingerprint density at radius 1 is 1.12 bits per heavy atom. The van der Waals surface area contributed by atoms with Crippen molar-refractivity contribution in [3.05, 3.63) is 29.8 Å². The molecule has 0 aliphatic heterocycles. The minimum atomic E-state index is -3.57. The molecule has 1 aromatic carbocycles. The summed E-state index contributed by atoms with van der Waals surface area (Å²) in [6, 6.07) is 7.11. The summed E-state index contributed by atoms with van der Waals surface area (Å²) in [5.74, 6) is -0.428. The van der Waals surface area contributed by atoms with E-state index < -0.39 is 15.9 Å². The van der Waals surface area contributed by atoms with Crippen molar-refractivity contribution >= 4 is 27.3 Å². The summed E-state index contributed by atoms with van der Waals surface area (Å²) < 4.78 is 25.4. The highest BCUT2D eigenvalue weighted by atomic mass is 32.2. The van der Waals surface area contributed by atoms with E-state index in [9.17, 15) is 13.2 Å². The third-order valence-corrected chi connectivity index (χ3v) is 5.47. The molecule has 1 aromatic rings. The lowest BCUT2D eigenvalue weighted by Crippen LogP contribution is -2.39. The maximum absolute atomic E-state index is 12.3. The van der Waals surface area contributed by atoms with Gasteiger partial charge in [0.15, 0.2) is 0 Å². The number of para-hydroxylation sites is 1. The zero-order valence-electron chi connectivity index (χ0n) is 15.0. The summed E-state index contributed by atoms with van der Waals surface area (Å²) >= 11 is 0. The number of amides is 1. The Hall–Kier alpha value is -1.89. The van der Waals surface area contributed by atoms with Crippen LogP contribution >= 0.6 is 0 Å². The number of nitrogens with zero attached hydrogens (tertiary/aromatic N) is 2. The number of rotatable bonds is 5. The highest BCUT2D eigenvalue weighted by Gasteiger charge is 2.22. The molecule has 0 radical (unpaired) electrons. The van der Waals surface area contributed by atoms with E-state index in [-0.39, 0.29) is 6.54 Å². The van der Waals surface area contributed by atoms with Crippen molar-refractivity contribution in [2.45, 2.75) is 51.9 Å². The molecule has 0 spiro atoms. The zero-order chi connectivity index (χ0) is 18.3. The van der Waals surface area contributed by atoms with E-state index in [2.05, 4.69) is 10.5 Å². The van der Waals surface area contributed by atoms with Crippen molar-refractivity contribution in [1.82, 2.24) is 5.43 Å². The molecule has 0 aromatic heterocycles. The molecule has 2 rings (SSSR count). The summed E-state index contributed by atoms with van der Waals surface area (Å²) in [6.45, 7) is 1.54. The molecule has 0 unspecified atom stereocenters. The van der Waals surface area contributed by atoms with Crippen molar-refractivity contribution in [3.63, 3.8) is 0 Å². The Labute approximate surface area is 150 Å². The van der Waals surface area contributed by atoms with E-state index >= 15 is 0 Å². The Bertz CT molecular complexity index is 719. The van der Waals surface area contributed by atoms with Crippen LogP contribution < -0.4 is 9.73 Å². The number of hydrogen-bond donors (Lipinski definition) is 1. The fourth-order valence-corrected chi connectivity index (χ4v) is 3.87. The van der Waals surface area contributed by atoms with Crippen molar-refractivity contribution in [3.8, 4) is 0 Å². The highest BCUT2D eigenvalue weighted by Crippen LogP contribution is 2.21. The zero-order valence-corrected chi connectivity index (χ0v) is 15.8. The number of hydrazone groups is 1. The third kappa shape index (κ3) is 6.16. The van der Waals surface area contributed by atoms with Crippen LogP contribution in [0.2, 0.25) is 0 Å². The van der Waals surface area contributed by atoms with Gasteiger partial charge in [-0.05, 0) is 44.2 Å². The van der Waals surface area contributed by atoms with E-state index in [1.165, 1.54) is 19.3 Å². The lowest BCUT2D eigenvalue weighted by atomic mass is 9.99. The summed E-state index contributed by atoms with van der Waals surface area (Å²) in [5, 5.41) is 4.23. The first-order valence-electron chi connectivity index (χ1n) is 8.75. The second-order valence-corrected chi connectivity index (χ2v) is 8.44. The number of carbonyl (C=O) groups excluding carboxylic acids is 1. The smallest absolute Gasteiger partial charge is 0.260 e. The number of carbonyl (C=O) groups is 1. The molecule has 1 fully saturated rings. The van der Waals surface area contributed by atoms with Gasteiger partial charge < -0.3 is 0 Å². The lowest BCUT2D eigenvalue weighted by Gasteiger charge is -2.23. The predicted octanol–water partition coefficient (Wildman–Crippen LogP) is 2.98. The molecule has 6 nitrogen and oxygen atoms in total. The Morgan fingerprint density at radius 2 is 1.72 bits per heavy atom. The number of aryl methyl sites for hydroxylation is 1. The van der Waals surface area contributed by atoms with Crippen LogP contribution in [-0.4, -0.2) is 32.8 Å². The van der Waals surface area contributed by atoms with Gasteiger partial charge in [0.2, 0.25) is 10.0 Å². The molecular weight excluding hydrogens is 338 g/mol. The van der Waals surface area contributed by atoms with Gasteiger partial charge in [-0.15, -0.1) is 0 Å². The van der Waals surface area contributed by atoms with Gasteiger partial charge in [-0.3, -0.25) is 9.10 Å². The quantitative estimate of drug-likeness (QED) is 0.815. The maximum atomic E-state index is 12.3. The van der Waals surface area contributed by atoms with Gasteiger partial charge in [-0.2, -0.15) is 5.10 Å². The highest BCUT2D eigenvalue weighted by molar-refractivity contribution is 7.92. The molecular formula is C18H27N3O3S. The second kappa shape index (κ2) is 8.99. The number of anilines is 1. The van der Waals surface area contributed by atoms with Gasteiger partial charge in [0.05, 0.1) is 11.9 Å². The standard InChI is InChI=1S/C18H27N3O3S/c1-15-10-8-9-13-17(15)21(25(2,23)24)14-18(22)20-19-16-11-6-4-3-5-7-12-16/h8-10,13H,3-7,11-12,14H2,1-2H3,(H,20,22). The van der Waals surface area contributed by atoms with E-state index in [0.29, 0.717) is 5.69 Å². The molecule has 7 heteroatoms. The topological polar surface area (TPSA) is 78.8 Å². The molecule has 25 heavy (non-hydrogen) atoms. The molecule has 1 amide bonds. The van der Waals surface area contributed by atoms with Gasteiger partial charge >= 0.3 is 0 Å². The first kappa shape index (κ1) is 19.4. The summed E-state index contributed by atoms with van der Waals surface area (Å²) in [4.78, 5) is 12.3. The van der Waals surface area contributed by atoms with E-state index in [1.54, 1.807) is 12.1 Å². The van der Waals surface area contributed by atoms with Crippen LogP contribution in [-0.2, 0) is 14.8 Å². The van der Waals surface area contributed by atoms with Crippen LogP contribution in [0.1, 0.15) is 50.5 Å². The Morgan fingerprint density at radius 3 is 2.32 bits per heavy atom. The van der Waals surface area contributed by atoms with Gasteiger partial charge in [0.25, 0.3) is 5.91 Å². The van der Waals surface area contributed by atoms with Gasteiger partial charge in [-0.25, -0.2) is 13.8 Å². The first-order chi connectivity index (χ1) is 11.9. The van der Waals surface area contributed by atoms with Crippen molar-refractivity contribution in [2.75, 3.05) is 17.1 Å². The minimum absolute atomic E-state index is 0.277. The van der Waals surface area contributed by atoms with Gasteiger partial charge in [0.1, 0.15) is 6.54 Å². The van der Waals surface area contributed by atoms with Crippen molar-refractivity contribution < 1.29 is 13.2 Å². The Kier molecular flexibility index (Phi) is 6.99. The average molecular weight is 365 g/mol. The van der Waals surface area contributed by atoms with E-state index in [0.717, 1.165) is 47.5 Å². The predicted molar refractivity (Wildman–Crippen MR) is 101 cm³/mol. The van der Waals surface area contributed by atoms with Crippen molar-refractivity contribution in [2.24, 2.45) is 5.10 Å². The minimum Gasteiger partial charge on any atom is -0.271 e.